The van der Waals surface area contributed by atoms with E-state index in [1.165, 1.54) is 24.5 Å². The van der Waals surface area contributed by atoms with Gasteiger partial charge in [0.05, 0.1) is 5.56 Å². The molecule has 0 bridgehead atoms. The van der Waals surface area contributed by atoms with E-state index >= 15 is 0 Å². The molecule has 4 N–H and O–H groups in total. The van der Waals surface area contributed by atoms with Crippen molar-refractivity contribution in [2.24, 2.45) is 0 Å². The van der Waals surface area contributed by atoms with Crippen LogP contribution in [0.4, 0.5) is 0 Å². The maximum Gasteiger partial charge on any atom is 0.204 e. The van der Waals surface area contributed by atoms with E-state index in [0.29, 0.717) is 17.5 Å². The van der Waals surface area contributed by atoms with Gasteiger partial charge in [0.15, 0.2) is 11.5 Å². The monoisotopic (exact) mass is 354 g/mol. The molecule has 1 aromatic heterocycles. The third-order valence-corrected chi connectivity index (χ3v) is 4.11. The van der Waals surface area contributed by atoms with E-state index in [0.717, 1.165) is 11.6 Å². The fourth-order valence-corrected chi connectivity index (χ4v) is 2.79. The predicted molar refractivity (Wildman–Crippen MR) is 97.7 cm³/mol. The molecule has 0 spiro atoms. The van der Waals surface area contributed by atoms with Crippen LogP contribution in [0.5, 0.6) is 23.0 Å². The van der Waals surface area contributed by atoms with Crippen LogP contribution in [-0.2, 0) is 6.42 Å². The maximum atomic E-state index is 12.9. The molecular formula is C20H18O6. The average Bonchev–Trinajstić information content (AvgIpc) is 2.56. The van der Waals surface area contributed by atoms with Crippen molar-refractivity contribution < 1.29 is 24.8 Å². The second-order valence-electron chi connectivity index (χ2n) is 6.26. The lowest BCUT2D eigenvalue weighted by Gasteiger charge is -2.12. The van der Waals surface area contributed by atoms with E-state index in [1.807, 2.05) is 19.9 Å². The lowest BCUT2D eigenvalue weighted by atomic mass is 9.95. The summed E-state index contributed by atoms with van der Waals surface area (Å²) in [6.45, 7) is 3.79. The molecule has 0 atom stereocenters. The number of benzene rings is 2. The quantitative estimate of drug-likeness (QED) is 0.421. The molecule has 6 nitrogen and oxygen atoms in total. The molecular weight excluding hydrogens is 336 g/mol. The molecule has 134 valence electrons. The van der Waals surface area contributed by atoms with Crippen molar-refractivity contribution in [2.75, 3.05) is 0 Å². The normalized spacial score (nSPS) is 10.8. The first kappa shape index (κ1) is 17.4. The van der Waals surface area contributed by atoms with Gasteiger partial charge in [-0.25, -0.2) is 0 Å². The Labute approximate surface area is 148 Å². The minimum Gasteiger partial charge on any atom is -0.508 e. The highest BCUT2D eigenvalue weighted by molar-refractivity contribution is 5.88. The summed E-state index contributed by atoms with van der Waals surface area (Å²) in [7, 11) is 0. The van der Waals surface area contributed by atoms with E-state index in [4.69, 9.17) is 4.42 Å². The maximum absolute atomic E-state index is 12.9. The van der Waals surface area contributed by atoms with Gasteiger partial charge in [-0.1, -0.05) is 11.6 Å². The van der Waals surface area contributed by atoms with Crippen molar-refractivity contribution in [3.05, 3.63) is 58.0 Å². The van der Waals surface area contributed by atoms with Crippen LogP contribution < -0.4 is 5.43 Å². The lowest BCUT2D eigenvalue weighted by molar-refractivity contribution is 0.400. The molecule has 0 fully saturated rings. The molecule has 26 heavy (non-hydrogen) atoms. The van der Waals surface area contributed by atoms with E-state index in [2.05, 4.69) is 0 Å². The Morgan fingerprint density at radius 3 is 2.46 bits per heavy atom. The van der Waals surface area contributed by atoms with Crippen LogP contribution in [0.15, 0.2) is 51.4 Å². The first-order valence-corrected chi connectivity index (χ1v) is 7.94. The van der Waals surface area contributed by atoms with Crippen LogP contribution in [0.25, 0.3) is 22.1 Å². The number of fused-ring (bicyclic) bond motifs is 1. The molecule has 3 aromatic rings. The zero-order chi connectivity index (χ0) is 19.0. The summed E-state index contributed by atoms with van der Waals surface area (Å²) in [4.78, 5) is 12.9. The third-order valence-electron chi connectivity index (χ3n) is 4.11. The molecule has 0 aliphatic carbocycles. The van der Waals surface area contributed by atoms with Gasteiger partial charge in [-0.2, -0.15) is 0 Å². The van der Waals surface area contributed by atoms with Crippen molar-refractivity contribution in [1.82, 2.24) is 0 Å². The smallest absolute Gasteiger partial charge is 0.204 e. The van der Waals surface area contributed by atoms with Crippen molar-refractivity contribution in [2.45, 2.75) is 20.3 Å². The number of hydrogen-bond acceptors (Lipinski definition) is 6. The fraction of sp³-hybridized carbons (Fsp3) is 0.150. The summed E-state index contributed by atoms with van der Waals surface area (Å²) >= 11 is 0. The molecule has 3 rings (SSSR count). The Morgan fingerprint density at radius 1 is 1.04 bits per heavy atom. The third kappa shape index (κ3) is 2.97. The molecule has 0 unspecified atom stereocenters. The molecule has 0 saturated carbocycles. The Morgan fingerprint density at radius 2 is 1.77 bits per heavy atom. The number of allylic oxidation sites excluding steroid dienone is 2. The largest absolute Gasteiger partial charge is 0.508 e. The Balaban J connectivity index is 2.31. The minimum atomic E-state index is -0.507. The van der Waals surface area contributed by atoms with Crippen molar-refractivity contribution in [1.29, 1.82) is 0 Å². The average molecular weight is 354 g/mol. The highest BCUT2D eigenvalue weighted by Crippen LogP contribution is 2.37. The number of rotatable bonds is 3. The van der Waals surface area contributed by atoms with Gasteiger partial charge >= 0.3 is 0 Å². The predicted octanol–water partition coefficient (Wildman–Crippen LogP) is 3.79. The number of aromatic hydroxyl groups is 4. The van der Waals surface area contributed by atoms with E-state index in [-0.39, 0.29) is 33.8 Å². The Kier molecular flexibility index (Phi) is 4.34. The molecule has 6 heteroatoms. The van der Waals surface area contributed by atoms with Crippen LogP contribution in [0.1, 0.15) is 19.4 Å². The van der Waals surface area contributed by atoms with Gasteiger partial charge in [0.1, 0.15) is 28.7 Å². The highest BCUT2D eigenvalue weighted by atomic mass is 16.3. The fourth-order valence-electron chi connectivity index (χ4n) is 2.79. The second-order valence-corrected chi connectivity index (χ2v) is 6.26. The first-order valence-electron chi connectivity index (χ1n) is 7.94. The topological polar surface area (TPSA) is 111 Å². The summed E-state index contributed by atoms with van der Waals surface area (Å²) in [6, 6.07) is 5.09. The van der Waals surface area contributed by atoms with Crippen molar-refractivity contribution in [3.63, 3.8) is 0 Å². The van der Waals surface area contributed by atoms with Crippen LogP contribution in [0.3, 0.4) is 0 Å². The van der Waals surface area contributed by atoms with E-state index in [9.17, 15) is 25.2 Å². The second kappa shape index (κ2) is 6.48. The van der Waals surface area contributed by atoms with Crippen LogP contribution in [0.2, 0.25) is 0 Å². The Bertz CT molecular complexity index is 1090. The summed E-state index contributed by atoms with van der Waals surface area (Å²) in [5, 5.41) is 39.6. The van der Waals surface area contributed by atoms with E-state index in [1.54, 1.807) is 0 Å². The molecule has 0 aliphatic rings. The summed E-state index contributed by atoms with van der Waals surface area (Å²) in [5.41, 5.74) is 1.44. The highest BCUT2D eigenvalue weighted by Gasteiger charge is 2.19. The number of phenolic OH excluding ortho intramolecular Hbond substituents is 4. The van der Waals surface area contributed by atoms with E-state index < -0.39 is 11.2 Å². The van der Waals surface area contributed by atoms with Gasteiger partial charge in [0.2, 0.25) is 5.43 Å². The number of phenols is 4. The van der Waals surface area contributed by atoms with Gasteiger partial charge < -0.3 is 24.8 Å². The SMILES string of the molecule is CC(C)=CCc1c(-c2coc3cc(O)cc(O)c3c2=O)ccc(O)c1O. The molecule has 0 amide bonds. The molecule has 0 radical (unpaired) electrons. The molecule has 0 saturated heterocycles. The first-order chi connectivity index (χ1) is 12.3. The summed E-state index contributed by atoms with van der Waals surface area (Å²) in [6.07, 6.45) is 3.37. The standard InChI is InChI=1S/C20H18O6/c1-10(2)3-4-13-12(5-6-15(22)19(13)24)14-9-26-17-8-11(21)7-16(23)18(17)20(14)25/h3,5-9,21-24H,4H2,1-2H3. The molecule has 0 aliphatic heterocycles. The van der Waals surface area contributed by atoms with Crippen LogP contribution >= 0.6 is 0 Å². The van der Waals surface area contributed by atoms with Crippen molar-refractivity contribution >= 4 is 11.0 Å². The molecule has 2 aromatic carbocycles. The van der Waals surface area contributed by atoms with Crippen LogP contribution in [-0.4, -0.2) is 20.4 Å². The van der Waals surface area contributed by atoms with Gasteiger partial charge in [-0.05, 0) is 38.0 Å². The summed E-state index contributed by atoms with van der Waals surface area (Å²) < 4.78 is 5.41. The Hall–Kier alpha value is -3.41. The van der Waals surface area contributed by atoms with Crippen molar-refractivity contribution in [3.8, 4) is 34.1 Å². The summed E-state index contributed by atoms with van der Waals surface area (Å²) in [5.74, 6) is -1.22. The zero-order valence-corrected chi connectivity index (χ0v) is 14.3. The molecule has 1 heterocycles. The lowest BCUT2D eigenvalue weighted by Crippen LogP contribution is -2.06. The van der Waals surface area contributed by atoms with Crippen LogP contribution in [0, 0.1) is 0 Å². The minimum absolute atomic E-state index is 0.0464. The van der Waals surface area contributed by atoms with Gasteiger partial charge in [-0.3, -0.25) is 4.79 Å². The van der Waals surface area contributed by atoms with Gasteiger partial charge in [-0.15, -0.1) is 0 Å². The zero-order valence-electron chi connectivity index (χ0n) is 14.3. The van der Waals surface area contributed by atoms with Gasteiger partial charge in [0.25, 0.3) is 0 Å². The number of hydrogen-bond donors (Lipinski definition) is 4. The van der Waals surface area contributed by atoms with Gasteiger partial charge in [0, 0.05) is 17.7 Å².